The van der Waals surface area contributed by atoms with Crippen molar-refractivity contribution in [2.24, 2.45) is 0 Å². The first kappa shape index (κ1) is 12.1. The van der Waals surface area contributed by atoms with Gasteiger partial charge in [0, 0.05) is 11.1 Å². The summed E-state index contributed by atoms with van der Waals surface area (Å²) in [6.07, 6.45) is 2.18. The molecule has 0 atom stereocenters. The fraction of sp³-hybridized carbons (Fsp3) is 0.333. The first-order chi connectivity index (χ1) is 8.70. The lowest BCUT2D eigenvalue weighted by Crippen LogP contribution is -2.02. The maximum absolute atomic E-state index is 13.9. The van der Waals surface area contributed by atoms with E-state index in [0.29, 0.717) is 27.8 Å². The second kappa shape index (κ2) is 4.63. The number of alkyl halides is 1. The van der Waals surface area contributed by atoms with Crippen LogP contribution in [0.5, 0.6) is 0 Å². The summed E-state index contributed by atoms with van der Waals surface area (Å²) in [7, 11) is 0. The van der Waals surface area contributed by atoms with Crippen molar-refractivity contribution < 1.29 is 4.39 Å². The van der Waals surface area contributed by atoms with Gasteiger partial charge in [0.05, 0.1) is 10.9 Å². The molecule has 1 aromatic carbocycles. The molecular formula is C12H10BrClFN3. The lowest BCUT2D eigenvalue weighted by atomic mass is 10.2. The summed E-state index contributed by atoms with van der Waals surface area (Å²) < 4.78 is 15.9. The van der Waals surface area contributed by atoms with Crippen LogP contribution in [-0.2, 0) is 5.33 Å². The van der Waals surface area contributed by atoms with Crippen molar-refractivity contribution in [2.45, 2.75) is 24.2 Å². The highest BCUT2D eigenvalue weighted by molar-refractivity contribution is 9.08. The maximum Gasteiger partial charge on any atom is 0.167 e. The van der Waals surface area contributed by atoms with E-state index in [4.69, 9.17) is 11.6 Å². The number of benzene rings is 1. The molecular weight excluding hydrogens is 321 g/mol. The van der Waals surface area contributed by atoms with E-state index >= 15 is 0 Å². The molecule has 1 aliphatic rings. The van der Waals surface area contributed by atoms with Crippen molar-refractivity contribution in [2.75, 3.05) is 0 Å². The Hall–Kier alpha value is -0.940. The molecule has 0 aliphatic heterocycles. The lowest BCUT2D eigenvalue weighted by Gasteiger charge is -2.08. The van der Waals surface area contributed by atoms with E-state index < -0.39 is 0 Å². The highest BCUT2D eigenvalue weighted by Gasteiger charge is 2.30. The number of rotatable bonds is 3. The van der Waals surface area contributed by atoms with Crippen molar-refractivity contribution in [3.8, 4) is 11.4 Å². The third-order valence-electron chi connectivity index (χ3n) is 2.97. The van der Waals surface area contributed by atoms with Crippen LogP contribution < -0.4 is 0 Å². The summed E-state index contributed by atoms with van der Waals surface area (Å²) >= 11 is 9.30. The van der Waals surface area contributed by atoms with Gasteiger partial charge in [-0.25, -0.2) is 4.39 Å². The molecule has 3 rings (SSSR count). The second-order valence-corrected chi connectivity index (χ2v) is 5.30. The molecule has 1 fully saturated rings. The third-order valence-corrected chi connectivity index (χ3v) is 3.70. The first-order valence-corrected chi connectivity index (χ1v) is 7.16. The molecule has 0 radical (unpaired) electrons. The van der Waals surface area contributed by atoms with E-state index in [2.05, 4.69) is 26.1 Å². The SMILES string of the molecule is Fc1ccc(Cl)cc1-c1nnc(CBr)n1C1CC1. The van der Waals surface area contributed by atoms with Gasteiger partial charge in [-0.3, -0.25) is 0 Å². The van der Waals surface area contributed by atoms with Crippen molar-refractivity contribution in [3.63, 3.8) is 0 Å². The zero-order valence-electron chi connectivity index (χ0n) is 9.41. The molecule has 1 saturated carbocycles. The van der Waals surface area contributed by atoms with Gasteiger partial charge in [-0.05, 0) is 31.0 Å². The van der Waals surface area contributed by atoms with Crippen molar-refractivity contribution in [1.82, 2.24) is 14.8 Å². The van der Waals surface area contributed by atoms with Crippen LogP contribution in [-0.4, -0.2) is 14.8 Å². The molecule has 0 amide bonds. The highest BCUT2D eigenvalue weighted by Crippen LogP contribution is 2.40. The van der Waals surface area contributed by atoms with E-state index in [1.165, 1.54) is 12.1 Å². The number of halogens is 3. The first-order valence-electron chi connectivity index (χ1n) is 5.66. The topological polar surface area (TPSA) is 30.7 Å². The van der Waals surface area contributed by atoms with Crippen molar-refractivity contribution in [3.05, 3.63) is 34.9 Å². The molecule has 3 nitrogen and oxygen atoms in total. The normalized spacial score (nSPS) is 15.1. The Balaban J connectivity index is 2.16. The minimum absolute atomic E-state index is 0.324. The van der Waals surface area contributed by atoms with E-state index in [1.807, 2.05) is 4.57 Å². The number of nitrogens with zero attached hydrogens (tertiary/aromatic N) is 3. The summed E-state index contributed by atoms with van der Waals surface area (Å²) in [5, 5.41) is 9.31. The van der Waals surface area contributed by atoms with Crippen molar-refractivity contribution in [1.29, 1.82) is 0 Å². The van der Waals surface area contributed by atoms with Crippen LogP contribution in [0.2, 0.25) is 5.02 Å². The summed E-state index contributed by atoms with van der Waals surface area (Å²) in [5.41, 5.74) is 0.411. The van der Waals surface area contributed by atoms with Crippen LogP contribution in [0.4, 0.5) is 4.39 Å². The average molecular weight is 331 g/mol. The highest BCUT2D eigenvalue weighted by atomic mass is 79.9. The number of hydrogen-bond donors (Lipinski definition) is 0. The van der Waals surface area contributed by atoms with Gasteiger partial charge < -0.3 is 4.57 Å². The molecule has 94 valence electrons. The van der Waals surface area contributed by atoms with E-state index in [0.717, 1.165) is 18.7 Å². The molecule has 0 spiro atoms. The van der Waals surface area contributed by atoms with Gasteiger partial charge in [0.2, 0.25) is 0 Å². The standard InChI is InChI=1S/C12H10BrClFN3/c13-6-11-16-17-12(18(11)8-2-3-8)9-5-7(14)1-4-10(9)15/h1,4-5,8H,2-3,6H2. The molecule has 0 unspecified atom stereocenters. The molecule has 0 bridgehead atoms. The Labute approximate surface area is 117 Å². The smallest absolute Gasteiger partial charge is 0.167 e. The van der Waals surface area contributed by atoms with Crippen LogP contribution in [0, 0.1) is 5.82 Å². The van der Waals surface area contributed by atoms with E-state index in [9.17, 15) is 4.39 Å². The average Bonchev–Trinajstić information content (AvgIpc) is 3.12. The second-order valence-electron chi connectivity index (χ2n) is 4.30. The summed E-state index contributed by atoms with van der Waals surface area (Å²) in [6, 6.07) is 4.87. The van der Waals surface area contributed by atoms with E-state index in [-0.39, 0.29) is 5.82 Å². The van der Waals surface area contributed by atoms with Gasteiger partial charge in [0.25, 0.3) is 0 Å². The molecule has 0 N–H and O–H groups in total. The Bertz CT molecular complexity index is 595. The van der Waals surface area contributed by atoms with E-state index in [1.54, 1.807) is 6.07 Å². The van der Waals surface area contributed by atoms with Gasteiger partial charge in [0.1, 0.15) is 11.6 Å². The predicted octanol–water partition coefficient (Wildman–Crippen LogP) is 3.97. The molecule has 18 heavy (non-hydrogen) atoms. The Kier molecular flexibility index (Phi) is 3.11. The zero-order chi connectivity index (χ0) is 12.7. The zero-order valence-corrected chi connectivity index (χ0v) is 11.7. The number of hydrogen-bond acceptors (Lipinski definition) is 2. The van der Waals surface area contributed by atoms with Gasteiger partial charge in [0.15, 0.2) is 5.82 Å². The quantitative estimate of drug-likeness (QED) is 0.797. The van der Waals surface area contributed by atoms with Gasteiger partial charge >= 0.3 is 0 Å². The Morgan fingerprint density at radius 1 is 1.39 bits per heavy atom. The minimum atomic E-state index is -0.324. The van der Waals surface area contributed by atoms with Crippen LogP contribution >= 0.6 is 27.5 Å². The number of aromatic nitrogens is 3. The fourth-order valence-corrected chi connectivity index (χ4v) is 2.54. The summed E-state index contributed by atoms with van der Waals surface area (Å²) in [4.78, 5) is 0. The van der Waals surface area contributed by atoms with Crippen LogP contribution in [0.25, 0.3) is 11.4 Å². The molecule has 1 heterocycles. The molecule has 6 heteroatoms. The minimum Gasteiger partial charge on any atom is -0.307 e. The van der Waals surface area contributed by atoms with Crippen LogP contribution in [0.1, 0.15) is 24.7 Å². The van der Waals surface area contributed by atoms with Gasteiger partial charge in [-0.2, -0.15) is 0 Å². The van der Waals surface area contributed by atoms with Gasteiger partial charge in [-0.1, -0.05) is 27.5 Å². The van der Waals surface area contributed by atoms with Crippen LogP contribution in [0.3, 0.4) is 0 Å². The Morgan fingerprint density at radius 3 is 2.83 bits per heavy atom. The molecule has 1 aromatic heterocycles. The third kappa shape index (κ3) is 2.06. The summed E-state index contributed by atoms with van der Waals surface area (Å²) in [6.45, 7) is 0. The summed E-state index contributed by atoms with van der Waals surface area (Å²) in [5.74, 6) is 1.06. The van der Waals surface area contributed by atoms with Gasteiger partial charge in [-0.15, -0.1) is 10.2 Å². The van der Waals surface area contributed by atoms with Crippen LogP contribution in [0.15, 0.2) is 18.2 Å². The monoisotopic (exact) mass is 329 g/mol. The predicted molar refractivity (Wildman–Crippen MR) is 71.3 cm³/mol. The largest absolute Gasteiger partial charge is 0.307 e. The lowest BCUT2D eigenvalue weighted by molar-refractivity contribution is 0.625. The molecule has 0 saturated heterocycles. The molecule has 2 aromatic rings. The molecule has 1 aliphatic carbocycles. The fourth-order valence-electron chi connectivity index (χ4n) is 1.98. The Morgan fingerprint density at radius 2 is 2.17 bits per heavy atom. The van der Waals surface area contributed by atoms with Crippen molar-refractivity contribution >= 4 is 27.5 Å². The maximum atomic E-state index is 13.9.